The molecule has 0 aliphatic rings. The van der Waals surface area contributed by atoms with Gasteiger partial charge in [0, 0.05) is 17.4 Å². The summed E-state index contributed by atoms with van der Waals surface area (Å²) in [5.41, 5.74) is 1.71. The molecule has 0 unspecified atom stereocenters. The van der Waals surface area contributed by atoms with Crippen LogP contribution in [0.5, 0.6) is 0 Å². The molecule has 0 saturated carbocycles. The minimum Gasteiger partial charge on any atom is -0.462 e. The molecule has 0 aliphatic heterocycles. The summed E-state index contributed by atoms with van der Waals surface area (Å²) in [6.07, 6.45) is 1.26. The van der Waals surface area contributed by atoms with Crippen LogP contribution in [0.25, 0.3) is 0 Å². The molecule has 0 bridgehead atoms. The zero-order valence-corrected chi connectivity index (χ0v) is 15.0. The van der Waals surface area contributed by atoms with Gasteiger partial charge in [-0.2, -0.15) is 0 Å². The third kappa shape index (κ3) is 4.88. The lowest BCUT2D eigenvalue weighted by atomic mass is 10.2. The lowest BCUT2D eigenvalue weighted by Crippen LogP contribution is -2.14. The Morgan fingerprint density at radius 2 is 1.68 bits per heavy atom. The Morgan fingerprint density at radius 3 is 2.36 bits per heavy atom. The number of hydrogen-bond acceptors (Lipinski definition) is 6. The van der Waals surface area contributed by atoms with Crippen molar-refractivity contribution in [1.82, 2.24) is 9.97 Å². The molecule has 0 radical (unpaired) electrons. The first-order chi connectivity index (χ1) is 13.5. The van der Waals surface area contributed by atoms with Crippen molar-refractivity contribution in [3.63, 3.8) is 0 Å². The topological polar surface area (TPSA) is 93.2 Å². The molecule has 2 aromatic carbocycles. The van der Waals surface area contributed by atoms with Crippen molar-refractivity contribution in [2.45, 2.75) is 6.92 Å². The van der Waals surface area contributed by atoms with Crippen LogP contribution in [0.15, 0.2) is 60.9 Å². The molecule has 1 heterocycles. The van der Waals surface area contributed by atoms with Crippen LogP contribution < -0.4 is 10.6 Å². The second kappa shape index (κ2) is 8.72. The molecule has 2 N–H and O–H groups in total. The number of carbonyl (C=O) groups excluding carboxylic acids is 2. The van der Waals surface area contributed by atoms with E-state index in [-0.39, 0.29) is 11.5 Å². The van der Waals surface area contributed by atoms with Gasteiger partial charge in [-0.3, -0.25) is 4.79 Å². The fourth-order valence-corrected chi connectivity index (χ4v) is 2.33. The molecule has 1 amide bonds. The zero-order valence-electron chi connectivity index (χ0n) is 15.0. The van der Waals surface area contributed by atoms with Gasteiger partial charge < -0.3 is 15.4 Å². The fraction of sp³-hybridized carbons (Fsp3) is 0.100. The zero-order chi connectivity index (χ0) is 19.9. The molecule has 3 aromatic rings. The molecule has 8 heteroatoms. The van der Waals surface area contributed by atoms with Gasteiger partial charge in [0.1, 0.15) is 23.7 Å². The molecular weight excluding hydrogens is 363 g/mol. The van der Waals surface area contributed by atoms with E-state index in [1.807, 2.05) is 0 Å². The smallest absolute Gasteiger partial charge is 0.338 e. The van der Waals surface area contributed by atoms with Gasteiger partial charge in [0.15, 0.2) is 0 Å². The summed E-state index contributed by atoms with van der Waals surface area (Å²) in [5.74, 6) is -0.825. The highest BCUT2D eigenvalue weighted by Gasteiger charge is 2.10. The second-order valence-corrected chi connectivity index (χ2v) is 5.67. The van der Waals surface area contributed by atoms with Crippen LogP contribution >= 0.6 is 0 Å². The first kappa shape index (κ1) is 19.0. The van der Waals surface area contributed by atoms with E-state index in [9.17, 15) is 14.0 Å². The third-order valence-corrected chi connectivity index (χ3v) is 3.67. The van der Waals surface area contributed by atoms with Gasteiger partial charge in [-0.25, -0.2) is 19.2 Å². The maximum absolute atomic E-state index is 12.9. The lowest BCUT2D eigenvalue weighted by molar-refractivity contribution is 0.0526. The van der Waals surface area contributed by atoms with Gasteiger partial charge in [-0.1, -0.05) is 0 Å². The third-order valence-electron chi connectivity index (χ3n) is 3.67. The molecular formula is C20H17FN4O3. The van der Waals surface area contributed by atoms with Gasteiger partial charge in [-0.15, -0.1) is 0 Å². The molecule has 0 saturated heterocycles. The monoisotopic (exact) mass is 380 g/mol. The molecule has 0 spiro atoms. The number of nitrogens with one attached hydrogen (secondary N) is 2. The average Bonchev–Trinajstić information content (AvgIpc) is 2.70. The fourth-order valence-electron chi connectivity index (χ4n) is 2.33. The predicted molar refractivity (Wildman–Crippen MR) is 102 cm³/mol. The van der Waals surface area contributed by atoms with E-state index in [1.54, 1.807) is 31.2 Å². The predicted octanol–water partition coefficient (Wildman–Crippen LogP) is 3.79. The van der Waals surface area contributed by atoms with Crippen molar-refractivity contribution in [1.29, 1.82) is 0 Å². The molecule has 0 atom stereocenters. The molecule has 1 aromatic heterocycles. The van der Waals surface area contributed by atoms with Crippen molar-refractivity contribution >= 4 is 29.1 Å². The van der Waals surface area contributed by atoms with Crippen LogP contribution in [-0.2, 0) is 4.74 Å². The van der Waals surface area contributed by atoms with E-state index in [0.29, 0.717) is 29.4 Å². The summed E-state index contributed by atoms with van der Waals surface area (Å²) < 4.78 is 17.9. The number of rotatable bonds is 6. The van der Waals surface area contributed by atoms with E-state index >= 15 is 0 Å². The standard InChI is InChI=1S/C20H17FN4O3/c1-2-28-20(27)13-3-7-15(8-4-13)24-18-11-17(22-12-23-18)19(26)25-16-9-5-14(21)6-10-16/h3-12H,2H2,1H3,(H,25,26)(H,22,23,24). The molecule has 0 aliphatic carbocycles. The molecule has 3 rings (SSSR count). The van der Waals surface area contributed by atoms with E-state index in [4.69, 9.17) is 4.74 Å². The van der Waals surface area contributed by atoms with Crippen molar-refractivity contribution in [2.24, 2.45) is 0 Å². The van der Waals surface area contributed by atoms with Gasteiger partial charge >= 0.3 is 5.97 Å². The molecule has 0 fully saturated rings. The normalized spacial score (nSPS) is 10.2. The van der Waals surface area contributed by atoms with Gasteiger partial charge in [-0.05, 0) is 55.5 Å². The first-order valence-corrected chi connectivity index (χ1v) is 8.48. The summed E-state index contributed by atoms with van der Waals surface area (Å²) in [4.78, 5) is 32.0. The lowest BCUT2D eigenvalue weighted by Gasteiger charge is -2.08. The summed E-state index contributed by atoms with van der Waals surface area (Å²) >= 11 is 0. The number of aromatic nitrogens is 2. The van der Waals surface area contributed by atoms with Crippen LogP contribution in [0.1, 0.15) is 27.8 Å². The highest BCUT2D eigenvalue weighted by Crippen LogP contribution is 2.17. The van der Waals surface area contributed by atoms with Crippen LogP contribution in [0.4, 0.5) is 21.6 Å². The summed E-state index contributed by atoms with van der Waals surface area (Å²) in [6, 6.07) is 13.6. The van der Waals surface area contributed by atoms with Gasteiger partial charge in [0.05, 0.1) is 12.2 Å². The van der Waals surface area contributed by atoms with Crippen molar-refractivity contribution in [3.05, 3.63) is 78.0 Å². The molecule has 28 heavy (non-hydrogen) atoms. The van der Waals surface area contributed by atoms with Crippen LogP contribution in [0.3, 0.4) is 0 Å². The number of amides is 1. The second-order valence-electron chi connectivity index (χ2n) is 5.67. The SMILES string of the molecule is CCOC(=O)c1ccc(Nc2cc(C(=O)Nc3ccc(F)cc3)ncn2)cc1. The maximum Gasteiger partial charge on any atom is 0.338 e. The number of nitrogens with zero attached hydrogens (tertiary/aromatic N) is 2. The van der Waals surface area contributed by atoms with Crippen molar-refractivity contribution in [2.75, 3.05) is 17.2 Å². The minimum absolute atomic E-state index is 0.143. The number of ether oxygens (including phenoxy) is 1. The number of esters is 1. The number of carbonyl (C=O) groups is 2. The quantitative estimate of drug-likeness (QED) is 0.632. The number of halogens is 1. The van der Waals surface area contributed by atoms with Crippen LogP contribution in [0, 0.1) is 5.82 Å². The van der Waals surface area contributed by atoms with E-state index < -0.39 is 11.9 Å². The van der Waals surface area contributed by atoms with Crippen molar-refractivity contribution in [3.8, 4) is 0 Å². The summed E-state index contributed by atoms with van der Waals surface area (Å²) in [5, 5.41) is 5.67. The Bertz CT molecular complexity index is 976. The van der Waals surface area contributed by atoms with E-state index in [1.165, 1.54) is 36.7 Å². The summed E-state index contributed by atoms with van der Waals surface area (Å²) in [6.45, 7) is 2.05. The average molecular weight is 380 g/mol. The van der Waals surface area contributed by atoms with Crippen LogP contribution in [0.2, 0.25) is 0 Å². The van der Waals surface area contributed by atoms with Crippen molar-refractivity contribution < 1.29 is 18.7 Å². The highest BCUT2D eigenvalue weighted by molar-refractivity contribution is 6.03. The Labute approximate surface area is 160 Å². The Hall–Kier alpha value is -3.81. The van der Waals surface area contributed by atoms with Gasteiger partial charge in [0.2, 0.25) is 0 Å². The molecule has 7 nitrogen and oxygen atoms in total. The highest BCUT2D eigenvalue weighted by atomic mass is 19.1. The molecule has 142 valence electrons. The van der Waals surface area contributed by atoms with Gasteiger partial charge in [0.25, 0.3) is 5.91 Å². The largest absolute Gasteiger partial charge is 0.462 e. The first-order valence-electron chi connectivity index (χ1n) is 8.48. The van der Waals surface area contributed by atoms with Crippen LogP contribution in [-0.4, -0.2) is 28.5 Å². The Morgan fingerprint density at radius 1 is 1.00 bits per heavy atom. The number of hydrogen-bond donors (Lipinski definition) is 2. The summed E-state index contributed by atoms with van der Waals surface area (Å²) in [7, 11) is 0. The Balaban J connectivity index is 1.68. The minimum atomic E-state index is -0.449. The number of benzene rings is 2. The van der Waals surface area contributed by atoms with E-state index in [0.717, 1.165) is 0 Å². The Kier molecular flexibility index (Phi) is 5.91. The number of anilines is 3. The maximum atomic E-state index is 12.9. The van der Waals surface area contributed by atoms with E-state index in [2.05, 4.69) is 20.6 Å².